The third kappa shape index (κ3) is 2.76. The SMILES string of the molecule is OCC1CCC(COc2c[nH]c3ccccc23)CC1. The van der Waals surface area contributed by atoms with E-state index < -0.39 is 0 Å². The Hall–Kier alpha value is -1.48. The molecule has 19 heavy (non-hydrogen) atoms. The predicted molar refractivity (Wildman–Crippen MR) is 76.3 cm³/mol. The lowest BCUT2D eigenvalue weighted by Crippen LogP contribution is -2.21. The Labute approximate surface area is 113 Å². The molecule has 0 bridgehead atoms. The monoisotopic (exact) mass is 259 g/mol. The fourth-order valence-electron chi connectivity index (χ4n) is 2.95. The lowest BCUT2D eigenvalue weighted by atomic mass is 9.83. The molecule has 2 N–H and O–H groups in total. The number of H-pyrrole nitrogens is 1. The van der Waals surface area contributed by atoms with Gasteiger partial charge in [0.15, 0.2) is 0 Å². The van der Waals surface area contributed by atoms with Gasteiger partial charge in [0.2, 0.25) is 0 Å². The number of para-hydroxylation sites is 1. The van der Waals surface area contributed by atoms with E-state index in [4.69, 9.17) is 9.84 Å². The summed E-state index contributed by atoms with van der Waals surface area (Å²) >= 11 is 0. The molecule has 1 aliphatic carbocycles. The van der Waals surface area contributed by atoms with E-state index in [0.717, 1.165) is 36.1 Å². The fourth-order valence-corrected chi connectivity index (χ4v) is 2.95. The van der Waals surface area contributed by atoms with Crippen LogP contribution < -0.4 is 4.74 Å². The normalized spacial score (nSPS) is 23.6. The van der Waals surface area contributed by atoms with Crippen molar-refractivity contribution in [3.63, 3.8) is 0 Å². The van der Waals surface area contributed by atoms with Crippen molar-refractivity contribution in [1.82, 2.24) is 4.98 Å². The molecule has 102 valence electrons. The summed E-state index contributed by atoms with van der Waals surface area (Å²) in [5.41, 5.74) is 1.13. The van der Waals surface area contributed by atoms with Crippen molar-refractivity contribution in [3.05, 3.63) is 30.5 Å². The zero-order chi connectivity index (χ0) is 13.1. The Morgan fingerprint density at radius 1 is 1.11 bits per heavy atom. The van der Waals surface area contributed by atoms with Crippen LogP contribution in [0.1, 0.15) is 25.7 Å². The number of aliphatic hydroxyl groups excluding tert-OH is 1. The van der Waals surface area contributed by atoms with E-state index in [-0.39, 0.29) is 0 Å². The molecule has 0 spiro atoms. The van der Waals surface area contributed by atoms with E-state index in [1.54, 1.807) is 0 Å². The van der Waals surface area contributed by atoms with E-state index in [2.05, 4.69) is 17.1 Å². The van der Waals surface area contributed by atoms with Crippen LogP contribution in [0, 0.1) is 11.8 Å². The average molecular weight is 259 g/mol. The van der Waals surface area contributed by atoms with Gasteiger partial charge in [-0.25, -0.2) is 0 Å². The van der Waals surface area contributed by atoms with E-state index in [9.17, 15) is 0 Å². The second-order valence-electron chi connectivity index (χ2n) is 5.58. The van der Waals surface area contributed by atoms with Gasteiger partial charge in [-0.15, -0.1) is 0 Å². The number of aliphatic hydroxyl groups is 1. The summed E-state index contributed by atoms with van der Waals surface area (Å²) in [5.74, 6) is 2.11. The van der Waals surface area contributed by atoms with E-state index in [1.165, 1.54) is 12.8 Å². The Morgan fingerprint density at radius 3 is 2.63 bits per heavy atom. The van der Waals surface area contributed by atoms with Gasteiger partial charge in [-0.3, -0.25) is 0 Å². The van der Waals surface area contributed by atoms with Gasteiger partial charge in [0.05, 0.1) is 6.61 Å². The first-order valence-electron chi connectivity index (χ1n) is 7.16. The molecule has 1 fully saturated rings. The van der Waals surface area contributed by atoms with Gasteiger partial charge in [-0.05, 0) is 49.7 Å². The topological polar surface area (TPSA) is 45.2 Å². The summed E-state index contributed by atoms with van der Waals surface area (Å²) in [6.07, 6.45) is 6.57. The Kier molecular flexibility index (Phi) is 3.74. The zero-order valence-electron chi connectivity index (χ0n) is 11.1. The van der Waals surface area contributed by atoms with Crippen LogP contribution >= 0.6 is 0 Å². The zero-order valence-corrected chi connectivity index (χ0v) is 11.1. The summed E-state index contributed by atoms with van der Waals surface area (Å²) in [6.45, 7) is 1.13. The molecule has 1 heterocycles. The van der Waals surface area contributed by atoms with E-state index in [0.29, 0.717) is 18.4 Å². The van der Waals surface area contributed by atoms with Gasteiger partial charge < -0.3 is 14.8 Å². The Bertz CT molecular complexity index is 526. The number of aromatic amines is 1. The van der Waals surface area contributed by atoms with Gasteiger partial charge in [-0.2, -0.15) is 0 Å². The van der Waals surface area contributed by atoms with Crippen molar-refractivity contribution < 1.29 is 9.84 Å². The maximum Gasteiger partial charge on any atom is 0.144 e. The van der Waals surface area contributed by atoms with E-state index >= 15 is 0 Å². The van der Waals surface area contributed by atoms with Gasteiger partial charge in [0.25, 0.3) is 0 Å². The number of nitrogens with one attached hydrogen (secondary N) is 1. The minimum Gasteiger partial charge on any atom is -0.491 e. The third-order valence-corrected chi connectivity index (χ3v) is 4.25. The summed E-state index contributed by atoms with van der Waals surface area (Å²) in [6, 6.07) is 8.22. The van der Waals surface area contributed by atoms with Crippen LogP contribution in [0.3, 0.4) is 0 Å². The molecule has 0 radical (unpaired) electrons. The lowest BCUT2D eigenvalue weighted by molar-refractivity contribution is 0.139. The van der Waals surface area contributed by atoms with Crippen molar-refractivity contribution in [2.75, 3.05) is 13.2 Å². The highest BCUT2D eigenvalue weighted by Crippen LogP contribution is 2.30. The van der Waals surface area contributed by atoms with Crippen molar-refractivity contribution in [2.24, 2.45) is 11.8 Å². The smallest absolute Gasteiger partial charge is 0.144 e. The molecular formula is C16H21NO2. The molecule has 3 rings (SSSR count). The fraction of sp³-hybridized carbons (Fsp3) is 0.500. The average Bonchev–Trinajstić information content (AvgIpc) is 2.89. The highest BCUT2D eigenvalue weighted by molar-refractivity contribution is 5.85. The number of ether oxygens (including phenoxy) is 1. The molecule has 1 aromatic carbocycles. The van der Waals surface area contributed by atoms with Crippen LogP contribution in [0.5, 0.6) is 5.75 Å². The first-order valence-corrected chi connectivity index (χ1v) is 7.16. The highest BCUT2D eigenvalue weighted by atomic mass is 16.5. The predicted octanol–water partition coefficient (Wildman–Crippen LogP) is 3.35. The Morgan fingerprint density at radius 2 is 1.84 bits per heavy atom. The number of benzene rings is 1. The molecule has 1 aromatic heterocycles. The molecule has 2 aromatic rings. The number of rotatable bonds is 4. The molecular weight excluding hydrogens is 238 g/mol. The third-order valence-electron chi connectivity index (χ3n) is 4.25. The maximum atomic E-state index is 9.14. The molecule has 0 saturated heterocycles. The molecule has 0 amide bonds. The largest absolute Gasteiger partial charge is 0.491 e. The summed E-state index contributed by atoms with van der Waals surface area (Å²) in [7, 11) is 0. The minimum absolute atomic E-state index is 0.343. The van der Waals surface area contributed by atoms with Crippen molar-refractivity contribution in [2.45, 2.75) is 25.7 Å². The first kappa shape index (κ1) is 12.5. The lowest BCUT2D eigenvalue weighted by Gasteiger charge is -2.27. The van der Waals surface area contributed by atoms with Crippen LogP contribution in [-0.4, -0.2) is 23.3 Å². The second kappa shape index (κ2) is 5.66. The van der Waals surface area contributed by atoms with Crippen LogP contribution in [0.25, 0.3) is 10.9 Å². The quantitative estimate of drug-likeness (QED) is 0.884. The molecule has 0 atom stereocenters. The summed E-state index contributed by atoms with van der Waals surface area (Å²) in [5, 5.41) is 10.3. The molecule has 3 nitrogen and oxygen atoms in total. The molecule has 1 aliphatic rings. The molecule has 3 heteroatoms. The molecule has 0 aliphatic heterocycles. The second-order valence-corrected chi connectivity index (χ2v) is 5.58. The van der Waals surface area contributed by atoms with Gasteiger partial charge >= 0.3 is 0 Å². The van der Waals surface area contributed by atoms with E-state index in [1.807, 2.05) is 18.3 Å². The van der Waals surface area contributed by atoms with Gasteiger partial charge in [0, 0.05) is 23.7 Å². The molecule has 1 saturated carbocycles. The summed E-state index contributed by atoms with van der Waals surface area (Å²) in [4.78, 5) is 3.23. The summed E-state index contributed by atoms with van der Waals surface area (Å²) < 4.78 is 5.97. The van der Waals surface area contributed by atoms with Crippen molar-refractivity contribution in [1.29, 1.82) is 0 Å². The van der Waals surface area contributed by atoms with Crippen molar-refractivity contribution >= 4 is 10.9 Å². The van der Waals surface area contributed by atoms with Crippen LogP contribution in [0.15, 0.2) is 30.5 Å². The standard InChI is InChI=1S/C16H21NO2/c18-10-12-5-7-13(8-6-12)11-19-16-9-17-15-4-2-1-3-14(15)16/h1-4,9,12-13,17-18H,5-8,10-11H2. The number of fused-ring (bicyclic) bond motifs is 1. The highest BCUT2D eigenvalue weighted by Gasteiger charge is 2.21. The van der Waals surface area contributed by atoms with Crippen molar-refractivity contribution in [3.8, 4) is 5.75 Å². The van der Waals surface area contributed by atoms with Crippen LogP contribution in [0.2, 0.25) is 0 Å². The number of hydrogen-bond acceptors (Lipinski definition) is 2. The van der Waals surface area contributed by atoms with Gasteiger partial charge in [-0.1, -0.05) is 12.1 Å². The molecule has 0 unspecified atom stereocenters. The first-order chi connectivity index (χ1) is 9.36. The maximum absolute atomic E-state index is 9.14. The minimum atomic E-state index is 0.343. The number of hydrogen-bond donors (Lipinski definition) is 2. The Balaban J connectivity index is 1.58. The van der Waals surface area contributed by atoms with Gasteiger partial charge in [0.1, 0.15) is 5.75 Å². The number of aromatic nitrogens is 1. The van der Waals surface area contributed by atoms with Crippen LogP contribution in [0.4, 0.5) is 0 Å². The van der Waals surface area contributed by atoms with Crippen LogP contribution in [-0.2, 0) is 0 Å².